The summed E-state index contributed by atoms with van der Waals surface area (Å²) in [6.07, 6.45) is 5.53. The van der Waals surface area contributed by atoms with Gasteiger partial charge in [0.25, 0.3) is 5.91 Å². The summed E-state index contributed by atoms with van der Waals surface area (Å²) in [6.45, 7) is 3.56. The second-order valence-corrected chi connectivity index (χ2v) is 8.51. The predicted molar refractivity (Wildman–Crippen MR) is 136 cm³/mol. The monoisotopic (exact) mass is 481 g/mol. The summed E-state index contributed by atoms with van der Waals surface area (Å²) in [4.78, 5) is 17.6. The molecule has 0 unspecified atom stereocenters. The number of carbonyl (C=O) groups is 1. The maximum absolute atomic E-state index is 13.0. The lowest BCUT2D eigenvalue weighted by Gasteiger charge is -2.12. The molecule has 7 heteroatoms. The van der Waals surface area contributed by atoms with Gasteiger partial charge in [-0.2, -0.15) is 0 Å². The van der Waals surface area contributed by atoms with E-state index in [9.17, 15) is 4.79 Å². The first-order chi connectivity index (χ1) is 17.7. The molecule has 0 saturated carbocycles. The Balaban J connectivity index is 1.18. The summed E-state index contributed by atoms with van der Waals surface area (Å²) in [6, 6.07) is 22.9. The van der Waals surface area contributed by atoms with E-state index in [0.29, 0.717) is 31.1 Å². The van der Waals surface area contributed by atoms with Crippen LogP contribution in [0.15, 0.2) is 95.9 Å². The number of rotatable bonds is 10. The van der Waals surface area contributed by atoms with Crippen molar-refractivity contribution < 1.29 is 18.7 Å². The Hall–Kier alpha value is -4.36. The molecule has 7 nitrogen and oxygen atoms in total. The number of pyridine rings is 1. The minimum atomic E-state index is -0.198. The van der Waals surface area contributed by atoms with Crippen molar-refractivity contribution in [2.24, 2.45) is 0 Å². The van der Waals surface area contributed by atoms with E-state index in [1.54, 1.807) is 18.4 Å². The molecular formula is C29H27N3O4. The highest BCUT2D eigenvalue weighted by atomic mass is 16.5. The van der Waals surface area contributed by atoms with Gasteiger partial charge in [-0.3, -0.25) is 4.79 Å². The van der Waals surface area contributed by atoms with Gasteiger partial charge in [-0.1, -0.05) is 42.5 Å². The van der Waals surface area contributed by atoms with Crippen LogP contribution < -0.4 is 10.1 Å². The molecule has 1 N–H and O–H groups in total. The number of ether oxygens (including phenoxy) is 2. The first-order valence-corrected chi connectivity index (χ1v) is 11.8. The van der Waals surface area contributed by atoms with Gasteiger partial charge in [0.2, 0.25) is 0 Å². The summed E-state index contributed by atoms with van der Waals surface area (Å²) < 4.78 is 19.0. The highest BCUT2D eigenvalue weighted by Crippen LogP contribution is 2.20. The molecule has 1 amide bonds. The molecule has 182 valence electrons. The van der Waals surface area contributed by atoms with E-state index < -0.39 is 0 Å². The van der Waals surface area contributed by atoms with Gasteiger partial charge in [0.15, 0.2) is 0 Å². The van der Waals surface area contributed by atoms with Crippen LogP contribution in [0, 0.1) is 6.92 Å². The van der Waals surface area contributed by atoms with Gasteiger partial charge in [-0.05, 0) is 53.9 Å². The molecular weight excluding hydrogens is 454 g/mol. The molecule has 0 saturated heterocycles. The third kappa shape index (κ3) is 5.64. The molecule has 36 heavy (non-hydrogen) atoms. The molecule has 0 atom stereocenters. The lowest BCUT2D eigenvalue weighted by atomic mass is 10.1. The Kier molecular flexibility index (Phi) is 7.10. The fourth-order valence-electron chi connectivity index (χ4n) is 3.98. The van der Waals surface area contributed by atoms with Crippen molar-refractivity contribution in [1.29, 1.82) is 0 Å². The highest BCUT2D eigenvalue weighted by molar-refractivity contribution is 5.96. The summed E-state index contributed by atoms with van der Waals surface area (Å²) in [5.74, 6) is 1.11. The summed E-state index contributed by atoms with van der Waals surface area (Å²) in [7, 11) is 0. The number of aromatic nitrogens is 2. The average molecular weight is 482 g/mol. The van der Waals surface area contributed by atoms with Gasteiger partial charge in [-0.15, -0.1) is 0 Å². The van der Waals surface area contributed by atoms with E-state index in [0.717, 1.165) is 33.8 Å². The Morgan fingerprint density at radius 3 is 2.72 bits per heavy atom. The number of amides is 1. The minimum absolute atomic E-state index is 0.198. The van der Waals surface area contributed by atoms with Gasteiger partial charge in [0.05, 0.1) is 24.1 Å². The number of hydrogen-bond donors (Lipinski definition) is 1. The normalized spacial score (nSPS) is 11.0. The van der Waals surface area contributed by atoms with E-state index in [-0.39, 0.29) is 12.5 Å². The highest BCUT2D eigenvalue weighted by Gasteiger charge is 2.13. The van der Waals surface area contributed by atoms with Crippen molar-refractivity contribution in [2.45, 2.75) is 33.3 Å². The molecule has 3 heterocycles. The van der Waals surface area contributed by atoms with E-state index in [1.807, 2.05) is 84.4 Å². The standard InChI is InChI=1S/C29H27N3O4/c1-21-7-5-13-32-17-24(31-28(21)32)19-36-27-12-3-2-11-26(27)29(33)30-16-22-8-4-9-23(15-22)18-34-20-25-10-6-14-35-25/h2-15,17H,16,18-20H2,1H3,(H,30,33). The van der Waals surface area contributed by atoms with E-state index in [4.69, 9.17) is 13.9 Å². The number of para-hydroxylation sites is 1. The SMILES string of the molecule is Cc1cccn2cc(COc3ccccc3C(=O)NCc3cccc(COCc4ccco4)c3)nc12. The number of carbonyl (C=O) groups excluding carboxylic acids is 1. The largest absolute Gasteiger partial charge is 0.486 e. The second-order valence-electron chi connectivity index (χ2n) is 8.51. The average Bonchev–Trinajstić information content (AvgIpc) is 3.57. The molecule has 0 bridgehead atoms. The molecule has 0 spiro atoms. The van der Waals surface area contributed by atoms with Crippen LogP contribution in [0.25, 0.3) is 5.65 Å². The topological polar surface area (TPSA) is 78.0 Å². The Morgan fingerprint density at radius 2 is 1.86 bits per heavy atom. The van der Waals surface area contributed by atoms with Crippen LogP contribution in [0.1, 0.15) is 38.5 Å². The number of nitrogens with zero attached hydrogens (tertiary/aromatic N) is 2. The van der Waals surface area contributed by atoms with Crippen molar-refractivity contribution in [2.75, 3.05) is 0 Å². The lowest BCUT2D eigenvalue weighted by Crippen LogP contribution is -2.23. The first kappa shape index (κ1) is 23.4. The number of fused-ring (bicyclic) bond motifs is 1. The summed E-state index contributed by atoms with van der Waals surface area (Å²) >= 11 is 0. The van der Waals surface area contributed by atoms with Crippen LogP contribution in [-0.4, -0.2) is 15.3 Å². The maximum Gasteiger partial charge on any atom is 0.255 e. The fraction of sp³-hybridized carbons (Fsp3) is 0.172. The molecule has 0 aliphatic heterocycles. The predicted octanol–water partition coefficient (Wildman–Crippen LogP) is 5.46. The van der Waals surface area contributed by atoms with Crippen molar-refractivity contribution in [3.8, 4) is 5.75 Å². The van der Waals surface area contributed by atoms with Crippen LogP contribution in [0.5, 0.6) is 5.75 Å². The molecule has 0 aliphatic carbocycles. The zero-order valence-electron chi connectivity index (χ0n) is 20.0. The van der Waals surface area contributed by atoms with Crippen LogP contribution in [-0.2, 0) is 31.1 Å². The summed E-state index contributed by atoms with van der Waals surface area (Å²) in [5.41, 5.74) is 5.29. The first-order valence-electron chi connectivity index (χ1n) is 11.8. The number of benzene rings is 2. The van der Waals surface area contributed by atoms with E-state index in [2.05, 4.69) is 10.3 Å². The smallest absolute Gasteiger partial charge is 0.255 e. The van der Waals surface area contributed by atoms with Crippen molar-refractivity contribution in [1.82, 2.24) is 14.7 Å². The number of nitrogens with one attached hydrogen (secondary N) is 1. The third-order valence-corrected chi connectivity index (χ3v) is 5.77. The number of aryl methyl sites for hydroxylation is 1. The molecule has 2 aromatic carbocycles. The quantitative estimate of drug-likeness (QED) is 0.287. The van der Waals surface area contributed by atoms with Gasteiger partial charge >= 0.3 is 0 Å². The zero-order valence-corrected chi connectivity index (χ0v) is 20.0. The molecule has 0 fully saturated rings. The minimum Gasteiger partial charge on any atom is -0.486 e. The Morgan fingerprint density at radius 1 is 0.972 bits per heavy atom. The molecule has 0 radical (unpaired) electrons. The number of hydrogen-bond acceptors (Lipinski definition) is 5. The van der Waals surface area contributed by atoms with Crippen LogP contribution in [0.4, 0.5) is 0 Å². The van der Waals surface area contributed by atoms with E-state index in [1.165, 1.54) is 0 Å². The molecule has 3 aromatic heterocycles. The van der Waals surface area contributed by atoms with Crippen LogP contribution >= 0.6 is 0 Å². The van der Waals surface area contributed by atoms with Crippen molar-refractivity contribution in [3.05, 3.63) is 125 Å². The zero-order chi connectivity index (χ0) is 24.7. The Labute approximate surface area is 209 Å². The third-order valence-electron chi connectivity index (χ3n) is 5.77. The van der Waals surface area contributed by atoms with Gasteiger partial charge in [0, 0.05) is 18.9 Å². The Bertz CT molecular complexity index is 1460. The van der Waals surface area contributed by atoms with Crippen LogP contribution in [0.2, 0.25) is 0 Å². The molecule has 0 aliphatic rings. The second kappa shape index (κ2) is 10.9. The number of furan rings is 1. The molecule has 5 rings (SSSR count). The van der Waals surface area contributed by atoms with Crippen molar-refractivity contribution >= 4 is 11.6 Å². The fourth-order valence-corrected chi connectivity index (χ4v) is 3.98. The van der Waals surface area contributed by atoms with E-state index >= 15 is 0 Å². The van der Waals surface area contributed by atoms with Gasteiger partial charge in [0.1, 0.15) is 30.4 Å². The summed E-state index contributed by atoms with van der Waals surface area (Å²) in [5, 5.41) is 2.99. The number of imidazole rings is 1. The lowest BCUT2D eigenvalue weighted by molar-refractivity contribution is 0.0928. The maximum atomic E-state index is 13.0. The molecule has 5 aromatic rings. The van der Waals surface area contributed by atoms with Crippen LogP contribution in [0.3, 0.4) is 0 Å². The van der Waals surface area contributed by atoms with Gasteiger partial charge in [-0.25, -0.2) is 4.98 Å². The van der Waals surface area contributed by atoms with Gasteiger partial charge < -0.3 is 23.6 Å². The van der Waals surface area contributed by atoms with Crippen molar-refractivity contribution in [3.63, 3.8) is 0 Å².